The van der Waals surface area contributed by atoms with Crippen LogP contribution in [0.2, 0.25) is 0 Å². The first kappa shape index (κ1) is 14.4. The van der Waals surface area contributed by atoms with E-state index in [0.29, 0.717) is 11.8 Å². The van der Waals surface area contributed by atoms with Crippen molar-refractivity contribution < 1.29 is 0 Å². The molecule has 0 saturated carbocycles. The maximum absolute atomic E-state index is 12.2. The van der Waals surface area contributed by atoms with Gasteiger partial charge in [0.2, 0.25) is 0 Å². The number of nitrogens with zero attached hydrogens (tertiary/aromatic N) is 1. The van der Waals surface area contributed by atoms with Crippen molar-refractivity contribution in [2.75, 3.05) is 13.1 Å². The number of piperidine rings is 1. The van der Waals surface area contributed by atoms with E-state index in [1.807, 2.05) is 4.57 Å². The molecule has 0 aromatic carbocycles. The van der Waals surface area contributed by atoms with E-state index in [0.717, 1.165) is 25.2 Å². The highest BCUT2D eigenvalue weighted by Crippen LogP contribution is 2.32. The molecule has 0 amide bonds. The lowest BCUT2D eigenvalue weighted by Crippen LogP contribution is -2.44. The summed E-state index contributed by atoms with van der Waals surface area (Å²) in [5.41, 5.74) is 3.67. The molecule has 1 unspecified atom stereocenters. The molecule has 0 aliphatic carbocycles. The Balaban J connectivity index is 0.00000133. The van der Waals surface area contributed by atoms with Crippen LogP contribution in [0.25, 0.3) is 6.08 Å². The van der Waals surface area contributed by atoms with Gasteiger partial charge in [0.15, 0.2) is 0 Å². The number of fused-ring (bicyclic) bond motifs is 4. The van der Waals surface area contributed by atoms with Gasteiger partial charge in [-0.1, -0.05) is 11.6 Å². The van der Waals surface area contributed by atoms with Crippen molar-refractivity contribution in [3.05, 3.63) is 39.3 Å². The van der Waals surface area contributed by atoms with Crippen LogP contribution in [0.15, 0.2) is 22.5 Å². The second-order valence-electron chi connectivity index (χ2n) is 5.84. The number of halogens is 1. The van der Waals surface area contributed by atoms with Crippen LogP contribution in [-0.2, 0) is 6.54 Å². The summed E-state index contributed by atoms with van der Waals surface area (Å²) in [6.07, 6.45) is 3.31. The second kappa shape index (κ2) is 5.51. The molecule has 0 radical (unpaired) electrons. The summed E-state index contributed by atoms with van der Waals surface area (Å²) in [6.45, 7) is 7.07. The second-order valence-corrected chi connectivity index (χ2v) is 5.84. The molecule has 1 saturated heterocycles. The molecule has 1 fully saturated rings. The Morgan fingerprint density at radius 1 is 1.37 bits per heavy atom. The average molecular weight is 281 g/mol. The molecule has 0 spiro atoms. The summed E-state index contributed by atoms with van der Waals surface area (Å²) in [5.74, 6) is 1.14. The molecule has 3 heterocycles. The fourth-order valence-electron chi connectivity index (χ4n) is 3.24. The van der Waals surface area contributed by atoms with E-state index in [1.165, 1.54) is 17.7 Å². The standard InChI is InChI=1S/C15H20N2O.ClH/c1-10(2)3-11-5-14-13-4-12(7-16-8-13)9-17(14)15(18)6-11;/h3,5-6,12-13,16H,4,7-9H2,1-2H3;1H/t12?,13-;/m0./s1. The summed E-state index contributed by atoms with van der Waals surface area (Å²) in [6, 6.07) is 3.97. The molecule has 2 aliphatic rings. The first-order valence-electron chi connectivity index (χ1n) is 6.74. The lowest BCUT2D eigenvalue weighted by atomic mass is 9.84. The van der Waals surface area contributed by atoms with E-state index in [9.17, 15) is 4.79 Å². The zero-order valence-electron chi connectivity index (χ0n) is 11.5. The molecule has 1 N–H and O–H groups in total. The normalized spacial score (nSPS) is 24.1. The third kappa shape index (κ3) is 2.77. The average Bonchev–Trinajstić information content (AvgIpc) is 2.31. The Morgan fingerprint density at radius 2 is 2.16 bits per heavy atom. The van der Waals surface area contributed by atoms with Gasteiger partial charge in [-0.3, -0.25) is 4.79 Å². The summed E-state index contributed by atoms with van der Waals surface area (Å²) in [7, 11) is 0. The predicted molar refractivity (Wildman–Crippen MR) is 81.0 cm³/mol. The third-order valence-electron chi connectivity index (χ3n) is 3.94. The van der Waals surface area contributed by atoms with E-state index in [-0.39, 0.29) is 18.0 Å². The lowest BCUT2D eigenvalue weighted by molar-refractivity contribution is 0.257. The maximum atomic E-state index is 12.2. The van der Waals surface area contributed by atoms with Crippen LogP contribution in [-0.4, -0.2) is 17.7 Å². The van der Waals surface area contributed by atoms with Gasteiger partial charge in [0, 0.05) is 30.8 Å². The predicted octanol–water partition coefficient (Wildman–Crippen LogP) is 2.40. The van der Waals surface area contributed by atoms with E-state index >= 15 is 0 Å². The molecule has 19 heavy (non-hydrogen) atoms. The van der Waals surface area contributed by atoms with Gasteiger partial charge in [0.1, 0.15) is 0 Å². The minimum Gasteiger partial charge on any atom is -0.316 e. The third-order valence-corrected chi connectivity index (χ3v) is 3.94. The smallest absolute Gasteiger partial charge is 0.251 e. The molecule has 2 aliphatic heterocycles. The van der Waals surface area contributed by atoms with Crippen LogP contribution in [0.5, 0.6) is 0 Å². The minimum absolute atomic E-state index is 0. The Labute approximate surface area is 120 Å². The van der Waals surface area contributed by atoms with E-state index in [1.54, 1.807) is 6.07 Å². The number of hydrogen-bond acceptors (Lipinski definition) is 2. The number of rotatable bonds is 1. The highest BCUT2D eigenvalue weighted by molar-refractivity contribution is 5.85. The Morgan fingerprint density at radius 3 is 2.89 bits per heavy atom. The zero-order chi connectivity index (χ0) is 12.7. The van der Waals surface area contributed by atoms with Crippen LogP contribution in [0, 0.1) is 5.92 Å². The minimum atomic E-state index is 0. The van der Waals surface area contributed by atoms with Gasteiger partial charge in [0.05, 0.1) is 0 Å². The number of nitrogens with one attached hydrogen (secondary N) is 1. The van der Waals surface area contributed by atoms with Gasteiger partial charge in [-0.05, 0) is 44.4 Å². The van der Waals surface area contributed by atoms with Gasteiger partial charge in [-0.25, -0.2) is 0 Å². The monoisotopic (exact) mass is 280 g/mol. The molecule has 2 atom stereocenters. The molecule has 3 rings (SSSR count). The molecule has 2 bridgehead atoms. The van der Waals surface area contributed by atoms with Gasteiger partial charge < -0.3 is 9.88 Å². The van der Waals surface area contributed by atoms with Gasteiger partial charge in [0.25, 0.3) is 5.56 Å². The lowest BCUT2D eigenvalue weighted by Gasteiger charge is -2.37. The highest BCUT2D eigenvalue weighted by atomic mass is 35.5. The maximum Gasteiger partial charge on any atom is 0.251 e. The number of allylic oxidation sites excluding steroid dienone is 1. The van der Waals surface area contributed by atoms with Crippen molar-refractivity contribution in [1.82, 2.24) is 9.88 Å². The molecule has 3 nitrogen and oxygen atoms in total. The molecule has 1 aromatic rings. The van der Waals surface area contributed by atoms with Gasteiger partial charge >= 0.3 is 0 Å². The Kier molecular flexibility index (Phi) is 4.16. The summed E-state index contributed by atoms with van der Waals surface area (Å²) < 4.78 is 1.99. The van der Waals surface area contributed by atoms with Crippen molar-refractivity contribution in [2.24, 2.45) is 5.92 Å². The van der Waals surface area contributed by atoms with E-state index in [4.69, 9.17) is 0 Å². The quantitative estimate of drug-likeness (QED) is 0.857. The fourth-order valence-corrected chi connectivity index (χ4v) is 3.24. The number of aromatic nitrogens is 1. The van der Waals surface area contributed by atoms with Crippen LogP contribution >= 0.6 is 12.4 Å². The largest absolute Gasteiger partial charge is 0.316 e. The molecule has 4 heteroatoms. The van der Waals surface area contributed by atoms with E-state index < -0.39 is 0 Å². The number of hydrogen-bond donors (Lipinski definition) is 1. The van der Waals surface area contributed by atoms with Crippen molar-refractivity contribution >= 4 is 18.5 Å². The highest BCUT2D eigenvalue weighted by Gasteiger charge is 2.30. The van der Waals surface area contributed by atoms with Crippen molar-refractivity contribution in [3.8, 4) is 0 Å². The first-order chi connectivity index (χ1) is 8.63. The van der Waals surface area contributed by atoms with Crippen LogP contribution in [0.1, 0.15) is 37.4 Å². The van der Waals surface area contributed by atoms with Crippen molar-refractivity contribution in [3.63, 3.8) is 0 Å². The molecular weight excluding hydrogens is 260 g/mol. The SMILES string of the molecule is CC(C)=Cc1cc2n(c(=O)c1)CC1CNC[C@@H]2C1.Cl. The van der Waals surface area contributed by atoms with Gasteiger partial charge in [-0.2, -0.15) is 0 Å². The summed E-state index contributed by atoms with van der Waals surface area (Å²) in [5, 5.41) is 3.48. The first-order valence-corrected chi connectivity index (χ1v) is 6.74. The molecular formula is C15H21ClN2O. The zero-order valence-corrected chi connectivity index (χ0v) is 12.3. The molecule has 1 aromatic heterocycles. The fraction of sp³-hybridized carbons (Fsp3) is 0.533. The van der Waals surface area contributed by atoms with Crippen molar-refractivity contribution in [1.29, 1.82) is 0 Å². The topological polar surface area (TPSA) is 34.0 Å². The van der Waals surface area contributed by atoms with Crippen LogP contribution in [0.3, 0.4) is 0 Å². The Bertz CT molecular complexity index is 558. The molecule has 104 valence electrons. The van der Waals surface area contributed by atoms with Crippen LogP contribution < -0.4 is 10.9 Å². The van der Waals surface area contributed by atoms with Crippen molar-refractivity contribution in [2.45, 2.75) is 32.7 Å². The van der Waals surface area contributed by atoms with E-state index in [2.05, 4.69) is 31.3 Å². The summed E-state index contributed by atoms with van der Waals surface area (Å²) >= 11 is 0. The Hall–Kier alpha value is -1.06. The van der Waals surface area contributed by atoms with Gasteiger partial charge in [-0.15, -0.1) is 12.4 Å². The summed E-state index contributed by atoms with van der Waals surface area (Å²) in [4.78, 5) is 12.2. The van der Waals surface area contributed by atoms with Crippen LogP contribution in [0.4, 0.5) is 0 Å². The number of pyridine rings is 1.